The van der Waals surface area contributed by atoms with Crippen LogP contribution in [0.15, 0.2) is 64.4 Å². The zero-order valence-electron chi connectivity index (χ0n) is 18.6. The Bertz CT molecular complexity index is 923. The number of ether oxygens (including phenoxy) is 1. The zero-order chi connectivity index (χ0) is 24.2. The van der Waals surface area contributed by atoms with E-state index < -0.39 is 11.9 Å². The normalized spacial score (nSPS) is 16.0. The molecule has 2 atom stereocenters. The summed E-state index contributed by atoms with van der Waals surface area (Å²) in [6.07, 6.45) is 1.12. The third-order valence-corrected chi connectivity index (χ3v) is 7.17. The van der Waals surface area contributed by atoms with Crippen LogP contribution in [0, 0.1) is 12.8 Å². The van der Waals surface area contributed by atoms with Crippen molar-refractivity contribution in [2.75, 3.05) is 24.7 Å². The molecule has 0 bridgehead atoms. The first-order valence-electron chi connectivity index (χ1n) is 10.4. The molecule has 4 N–H and O–H groups in total. The summed E-state index contributed by atoms with van der Waals surface area (Å²) in [7, 11) is 0. The highest BCUT2D eigenvalue weighted by Crippen LogP contribution is 2.33. The van der Waals surface area contributed by atoms with E-state index in [1.54, 1.807) is 11.8 Å². The average molecular weight is 492 g/mol. The number of carboxylic acids is 2. The van der Waals surface area contributed by atoms with E-state index in [9.17, 15) is 14.7 Å². The van der Waals surface area contributed by atoms with Crippen LogP contribution in [0.25, 0.3) is 0 Å². The standard InChI is InChI=1S/C20H25NO2S2.C4H4O4/c1-14(12-24-19-9-5-6-15(2)20(19)22)10-21-16-11-23-17-7-3-4-8-18(17)25-13-16;5-3(6)1-2-4(7)8/h3-9,14,16,21-22H,10-13H2,1-2H3;1-2H,(H,5,6)(H,7,8)/b;2-1+/t14-,16+;/m0./s1. The van der Waals surface area contributed by atoms with Gasteiger partial charge < -0.3 is 25.4 Å². The number of carbonyl (C=O) groups is 2. The van der Waals surface area contributed by atoms with Crippen LogP contribution in [0.4, 0.5) is 0 Å². The van der Waals surface area contributed by atoms with E-state index in [1.807, 2.05) is 49.0 Å². The van der Waals surface area contributed by atoms with Crippen LogP contribution in [0.2, 0.25) is 0 Å². The highest BCUT2D eigenvalue weighted by Gasteiger charge is 2.18. The molecule has 1 aliphatic rings. The molecule has 0 aromatic heterocycles. The van der Waals surface area contributed by atoms with Crippen LogP contribution >= 0.6 is 23.5 Å². The lowest BCUT2D eigenvalue weighted by atomic mass is 10.2. The molecule has 0 saturated carbocycles. The van der Waals surface area contributed by atoms with E-state index in [4.69, 9.17) is 14.9 Å². The molecule has 3 rings (SSSR count). The second-order valence-corrected chi connectivity index (χ2v) is 9.65. The molecule has 1 aliphatic heterocycles. The summed E-state index contributed by atoms with van der Waals surface area (Å²) in [4.78, 5) is 21.3. The summed E-state index contributed by atoms with van der Waals surface area (Å²) >= 11 is 3.58. The Morgan fingerprint density at radius 1 is 1.18 bits per heavy atom. The number of aliphatic carboxylic acids is 2. The summed E-state index contributed by atoms with van der Waals surface area (Å²) in [5.41, 5.74) is 0.933. The van der Waals surface area contributed by atoms with Gasteiger partial charge >= 0.3 is 11.9 Å². The minimum absolute atomic E-state index is 0.359. The highest BCUT2D eigenvalue weighted by molar-refractivity contribution is 7.99. The molecule has 7 nitrogen and oxygen atoms in total. The van der Waals surface area contributed by atoms with Crippen molar-refractivity contribution in [2.45, 2.75) is 29.7 Å². The average Bonchev–Trinajstić information content (AvgIpc) is 3.00. The molecule has 0 amide bonds. The largest absolute Gasteiger partial charge is 0.507 e. The van der Waals surface area contributed by atoms with Gasteiger partial charge in [-0.1, -0.05) is 31.2 Å². The number of hydrogen-bond acceptors (Lipinski definition) is 7. The number of aromatic hydroxyl groups is 1. The third kappa shape index (κ3) is 9.81. The maximum atomic E-state index is 10.1. The molecule has 33 heavy (non-hydrogen) atoms. The number of aryl methyl sites for hydroxylation is 1. The van der Waals surface area contributed by atoms with Gasteiger partial charge in [-0.2, -0.15) is 0 Å². The molecule has 0 aliphatic carbocycles. The molecule has 2 aromatic carbocycles. The van der Waals surface area contributed by atoms with Crippen molar-refractivity contribution in [1.29, 1.82) is 0 Å². The molecule has 0 radical (unpaired) electrons. The predicted octanol–water partition coefficient (Wildman–Crippen LogP) is 4.28. The van der Waals surface area contributed by atoms with Gasteiger partial charge in [0.2, 0.25) is 0 Å². The summed E-state index contributed by atoms with van der Waals surface area (Å²) in [5.74, 6) is 1.41. The molecule has 9 heteroatoms. The number of hydrogen-bond donors (Lipinski definition) is 4. The monoisotopic (exact) mass is 491 g/mol. The lowest BCUT2D eigenvalue weighted by Gasteiger charge is -2.19. The second-order valence-electron chi connectivity index (χ2n) is 7.52. The number of phenols is 1. The Morgan fingerprint density at radius 2 is 1.88 bits per heavy atom. The molecule has 0 fully saturated rings. The lowest BCUT2D eigenvalue weighted by Crippen LogP contribution is -2.39. The van der Waals surface area contributed by atoms with Crippen LogP contribution in [-0.4, -0.2) is 58.0 Å². The zero-order valence-corrected chi connectivity index (χ0v) is 20.2. The lowest BCUT2D eigenvalue weighted by molar-refractivity contribution is -0.134. The Balaban J connectivity index is 0.000000414. The minimum Gasteiger partial charge on any atom is -0.507 e. The first kappa shape index (κ1) is 26.6. The first-order chi connectivity index (χ1) is 15.8. The molecule has 0 saturated heterocycles. The third-order valence-electron chi connectivity index (χ3n) is 4.58. The number of fused-ring (bicyclic) bond motifs is 1. The number of benzene rings is 2. The smallest absolute Gasteiger partial charge is 0.328 e. The van der Waals surface area contributed by atoms with Gasteiger partial charge in [-0.3, -0.25) is 0 Å². The SMILES string of the molecule is Cc1cccc(SC[C@@H](C)CN[C@@H]2COc3ccccc3SC2)c1O.O=C(O)/C=C/C(=O)O. The van der Waals surface area contributed by atoms with E-state index >= 15 is 0 Å². The Kier molecular flexibility index (Phi) is 11.2. The van der Waals surface area contributed by atoms with Crippen LogP contribution in [0.1, 0.15) is 12.5 Å². The molecular weight excluding hydrogens is 462 g/mol. The number of nitrogens with one attached hydrogen (secondary N) is 1. The van der Waals surface area contributed by atoms with Crippen LogP contribution in [0.5, 0.6) is 11.5 Å². The van der Waals surface area contributed by atoms with Crippen LogP contribution in [-0.2, 0) is 9.59 Å². The fourth-order valence-electron chi connectivity index (χ4n) is 2.79. The Hall–Kier alpha value is -2.62. The molecule has 178 valence electrons. The van der Waals surface area contributed by atoms with Crippen molar-refractivity contribution in [2.24, 2.45) is 5.92 Å². The van der Waals surface area contributed by atoms with Crippen molar-refractivity contribution in [1.82, 2.24) is 5.32 Å². The van der Waals surface area contributed by atoms with E-state index in [0.29, 0.717) is 36.5 Å². The summed E-state index contributed by atoms with van der Waals surface area (Å²) < 4.78 is 5.93. The van der Waals surface area contributed by atoms with Crippen molar-refractivity contribution in [3.63, 3.8) is 0 Å². The van der Waals surface area contributed by atoms with Gasteiger partial charge in [0.25, 0.3) is 0 Å². The van der Waals surface area contributed by atoms with Gasteiger partial charge in [-0.25, -0.2) is 9.59 Å². The molecule has 2 aromatic rings. The van der Waals surface area contributed by atoms with Crippen molar-refractivity contribution in [3.05, 3.63) is 60.2 Å². The van der Waals surface area contributed by atoms with Gasteiger partial charge in [-0.15, -0.1) is 23.5 Å². The van der Waals surface area contributed by atoms with E-state index in [2.05, 4.69) is 24.4 Å². The van der Waals surface area contributed by atoms with Gasteiger partial charge in [0, 0.05) is 33.4 Å². The van der Waals surface area contributed by atoms with E-state index in [1.165, 1.54) is 4.90 Å². The van der Waals surface area contributed by atoms with E-state index in [0.717, 1.165) is 34.3 Å². The molecule has 0 unspecified atom stereocenters. The van der Waals surface area contributed by atoms with Gasteiger partial charge in [0.1, 0.15) is 18.1 Å². The number of rotatable bonds is 8. The number of phenolic OH excluding ortho intramolecular Hbond substituents is 1. The number of para-hydroxylation sites is 2. The molecule has 1 heterocycles. The van der Waals surface area contributed by atoms with Gasteiger partial charge in [0.15, 0.2) is 0 Å². The maximum Gasteiger partial charge on any atom is 0.328 e. The van der Waals surface area contributed by atoms with Gasteiger partial charge in [-0.05, 0) is 43.1 Å². The summed E-state index contributed by atoms with van der Waals surface area (Å²) in [6, 6.07) is 14.5. The Morgan fingerprint density at radius 3 is 2.58 bits per heavy atom. The maximum absolute atomic E-state index is 10.1. The first-order valence-corrected chi connectivity index (χ1v) is 12.4. The second kappa shape index (κ2) is 13.8. The summed E-state index contributed by atoms with van der Waals surface area (Å²) in [6.45, 7) is 5.84. The van der Waals surface area contributed by atoms with Crippen LogP contribution < -0.4 is 10.1 Å². The van der Waals surface area contributed by atoms with Crippen LogP contribution in [0.3, 0.4) is 0 Å². The van der Waals surface area contributed by atoms with Crippen molar-refractivity contribution >= 4 is 35.5 Å². The van der Waals surface area contributed by atoms with Crippen molar-refractivity contribution in [3.8, 4) is 11.5 Å². The number of carboxylic acid groups (broad SMARTS) is 2. The minimum atomic E-state index is -1.26. The highest BCUT2D eigenvalue weighted by atomic mass is 32.2. The van der Waals surface area contributed by atoms with Crippen molar-refractivity contribution < 1.29 is 29.6 Å². The quantitative estimate of drug-likeness (QED) is 0.317. The van der Waals surface area contributed by atoms with Gasteiger partial charge in [0.05, 0.1) is 6.04 Å². The molecule has 0 spiro atoms. The van der Waals surface area contributed by atoms with E-state index in [-0.39, 0.29) is 0 Å². The summed E-state index contributed by atoms with van der Waals surface area (Å²) in [5, 5.41) is 29.4. The fourth-order valence-corrected chi connectivity index (χ4v) is 4.88. The predicted molar refractivity (Wildman–Crippen MR) is 132 cm³/mol. The topological polar surface area (TPSA) is 116 Å². The number of thioether (sulfide) groups is 2. The fraction of sp³-hybridized carbons (Fsp3) is 0.333. The Labute approximate surface area is 202 Å². The molecular formula is C24H29NO6S2.